The summed E-state index contributed by atoms with van der Waals surface area (Å²) in [5.74, 6) is 0.835. The van der Waals surface area contributed by atoms with Gasteiger partial charge in [0.15, 0.2) is 0 Å². The van der Waals surface area contributed by atoms with Crippen LogP contribution in [0.1, 0.15) is 52.4 Å². The predicted octanol–water partition coefficient (Wildman–Crippen LogP) is 2.89. The lowest BCUT2D eigenvalue weighted by Gasteiger charge is -2.24. The van der Waals surface area contributed by atoms with Crippen LogP contribution in [0.5, 0.6) is 0 Å². The standard InChI is InChI=1S/C14H30N2/c1-4-7-13(2)12-15-10-11-16(3)14-8-5-6-9-14/h13-15H,4-12H2,1-3H3. The number of hydrogen-bond acceptors (Lipinski definition) is 2. The van der Waals surface area contributed by atoms with E-state index in [1.807, 2.05) is 0 Å². The van der Waals surface area contributed by atoms with Gasteiger partial charge in [0, 0.05) is 19.1 Å². The molecule has 1 rings (SSSR count). The molecular weight excluding hydrogens is 196 g/mol. The molecule has 96 valence electrons. The molecule has 0 saturated heterocycles. The van der Waals surface area contributed by atoms with Crippen molar-refractivity contribution >= 4 is 0 Å². The summed E-state index contributed by atoms with van der Waals surface area (Å²) in [5, 5.41) is 3.58. The molecule has 1 fully saturated rings. The Morgan fingerprint density at radius 2 is 2.00 bits per heavy atom. The van der Waals surface area contributed by atoms with Crippen molar-refractivity contribution in [2.24, 2.45) is 5.92 Å². The Balaban J connectivity index is 1.97. The fourth-order valence-electron chi connectivity index (χ4n) is 2.73. The van der Waals surface area contributed by atoms with Gasteiger partial charge in [-0.3, -0.25) is 0 Å². The van der Waals surface area contributed by atoms with Crippen LogP contribution in [0.15, 0.2) is 0 Å². The Kier molecular flexibility index (Phi) is 7.06. The summed E-state index contributed by atoms with van der Waals surface area (Å²) < 4.78 is 0. The number of nitrogens with one attached hydrogen (secondary N) is 1. The van der Waals surface area contributed by atoms with Crippen LogP contribution in [0.3, 0.4) is 0 Å². The second kappa shape index (κ2) is 8.08. The van der Waals surface area contributed by atoms with Gasteiger partial charge in [-0.1, -0.05) is 33.1 Å². The molecule has 0 heterocycles. The zero-order chi connectivity index (χ0) is 11.8. The first-order chi connectivity index (χ1) is 7.74. The van der Waals surface area contributed by atoms with Crippen LogP contribution in [0.2, 0.25) is 0 Å². The highest BCUT2D eigenvalue weighted by atomic mass is 15.1. The molecule has 0 aromatic heterocycles. The van der Waals surface area contributed by atoms with E-state index in [1.165, 1.54) is 51.6 Å². The molecule has 0 amide bonds. The highest BCUT2D eigenvalue weighted by molar-refractivity contribution is 4.75. The number of likely N-dealkylation sites (N-methyl/N-ethyl adjacent to an activating group) is 1. The molecule has 1 atom stereocenters. The van der Waals surface area contributed by atoms with E-state index in [0.717, 1.165) is 18.5 Å². The van der Waals surface area contributed by atoms with Crippen LogP contribution in [-0.2, 0) is 0 Å². The first-order valence-electron chi connectivity index (χ1n) is 7.15. The molecular formula is C14H30N2. The molecule has 1 N–H and O–H groups in total. The SMILES string of the molecule is CCCC(C)CNCCN(C)C1CCCC1. The molecule has 0 bridgehead atoms. The summed E-state index contributed by atoms with van der Waals surface area (Å²) in [6.07, 6.45) is 8.38. The average molecular weight is 226 g/mol. The topological polar surface area (TPSA) is 15.3 Å². The highest BCUT2D eigenvalue weighted by Gasteiger charge is 2.18. The summed E-state index contributed by atoms with van der Waals surface area (Å²) in [6, 6.07) is 0.870. The summed E-state index contributed by atoms with van der Waals surface area (Å²) in [4.78, 5) is 2.55. The van der Waals surface area contributed by atoms with Gasteiger partial charge < -0.3 is 10.2 Å². The highest BCUT2D eigenvalue weighted by Crippen LogP contribution is 2.21. The van der Waals surface area contributed by atoms with Gasteiger partial charge in [0.05, 0.1) is 0 Å². The van der Waals surface area contributed by atoms with Gasteiger partial charge in [-0.05, 0) is 38.8 Å². The third kappa shape index (κ3) is 5.31. The van der Waals surface area contributed by atoms with Crippen LogP contribution in [0.4, 0.5) is 0 Å². The van der Waals surface area contributed by atoms with Gasteiger partial charge in [-0.25, -0.2) is 0 Å². The number of nitrogens with zero attached hydrogens (tertiary/aromatic N) is 1. The second-order valence-electron chi connectivity index (χ2n) is 5.52. The van der Waals surface area contributed by atoms with E-state index in [4.69, 9.17) is 0 Å². The maximum absolute atomic E-state index is 3.58. The lowest BCUT2D eigenvalue weighted by Crippen LogP contribution is -2.36. The maximum Gasteiger partial charge on any atom is 0.0107 e. The number of hydrogen-bond donors (Lipinski definition) is 1. The Morgan fingerprint density at radius 3 is 2.62 bits per heavy atom. The molecule has 2 nitrogen and oxygen atoms in total. The zero-order valence-corrected chi connectivity index (χ0v) is 11.5. The van der Waals surface area contributed by atoms with Crippen LogP contribution >= 0.6 is 0 Å². The fourth-order valence-corrected chi connectivity index (χ4v) is 2.73. The summed E-state index contributed by atoms with van der Waals surface area (Å²) >= 11 is 0. The lowest BCUT2D eigenvalue weighted by atomic mass is 10.1. The van der Waals surface area contributed by atoms with Gasteiger partial charge in [-0.2, -0.15) is 0 Å². The normalized spacial score (nSPS) is 19.5. The minimum absolute atomic E-state index is 0.835. The van der Waals surface area contributed by atoms with Gasteiger partial charge in [0.2, 0.25) is 0 Å². The van der Waals surface area contributed by atoms with Crippen molar-refractivity contribution in [1.82, 2.24) is 10.2 Å². The largest absolute Gasteiger partial charge is 0.315 e. The van der Waals surface area contributed by atoms with Crippen molar-refractivity contribution in [3.8, 4) is 0 Å². The van der Waals surface area contributed by atoms with Crippen molar-refractivity contribution in [3.05, 3.63) is 0 Å². The molecule has 1 unspecified atom stereocenters. The molecule has 1 aliphatic carbocycles. The van der Waals surface area contributed by atoms with Gasteiger partial charge >= 0.3 is 0 Å². The molecule has 0 spiro atoms. The van der Waals surface area contributed by atoms with Crippen molar-refractivity contribution in [2.75, 3.05) is 26.7 Å². The van der Waals surface area contributed by atoms with Crippen LogP contribution in [0.25, 0.3) is 0 Å². The van der Waals surface area contributed by atoms with E-state index in [9.17, 15) is 0 Å². The smallest absolute Gasteiger partial charge is 0.0107 e. The molecule has 1 saturated carbocycles. The van der Waals surface area contributed by atoms with E-state index in [-0.39, 0.29) is 0 Å². The third-order valence-electron chi connectivity index (χ3n) is 3.86. The average Bonchev–Trinajstić information content (AvgIpc) is 2.78. The van der Waals surface area contributed by atoms with E-state index < -0.39 is 0 Å². The third-order valence-corrected chi connectivity index (χ3v) is 3.86. The van der Waals surface area contributed by atoms with Crippen LogP contribution in [0, 0.1) is 5.92 Å². The monoisotopic (exact) mass is 226 g/mol. The maximum atomic E-state index is 3.58. The second-order valence-corrected chi connectivity index (χ2v) is 5.52. The minimum atomic E-state index is 0.835. The lowest BCUT2D eigenvalue weighted by molar-refractivity contribution is 0.244. The van der Waals surface area contributed by atoms with Crippen molar-refractivity contribution < 1.29 is 0 Å². The molecule has 0 aromatic rings. The molecule has 0 aliphatic heterocycles. The molecule has 0 radical (unpaired) electrons. The molecule has 0 aromatic carbocycles. The fraction of sp³-hybridized carbons (Fsp3) is 1.00. The predicted molar refractivity (Wildman–Crippen MR) is 71.8 cm³/mol. The first kappa shape index (κ1) is 14.0. The minimum Gasteiger partial charge on any atom is -0.315 e. The summed E-state index contributed by atoms with van der Waals surface area (Å²) in [5.41, 5.74) is 0. The molecule has 1 aliphatic rings. The van der Waals surface area contributed by atoms with Crippen LogP contribution in [-0.4, -0.2) is 37.6 Å². The van der Waals surface area contributed by atoms with Gasteiger partial charge in [0.1, 0.15) is 0 Å². The summed E-state index contributed by atoms with van der Waals surface area (Å²) in [7, 11) is 2.28. The van der Waals surface area contributed by atoms with Crippen molar-refractivity contribution in [1.29, 1.82) is 0 Å². The Bertz CT molecular complexity index is 164. The number of rotatable bonds is 8. The molecule has 2 heteroatoms. The van der Waals surface area contributed by atoms with E-state index in [1.54, 1.807) is 0 Å². The zero-order valence-electron chi connectivity index (χ0n) is 11.5. The van der Waals surface area contributed by atoms with E-state index >= 15 is 0 Å². The quantitative estimate of drug-likeness (QED) is 0.640. The van der Waals surface area contributed by atoms with Gasteiger partial charge in [0.25, 0.3) is 0 Å². The Morgan fingerprint density at radius 1 is 1.31 bits per heavy atom. The van der Waals surface area contributed by atoms with E-state index in [0.29, 0.717) is 0 Å². The van der Waals surface area contributed by atoms with Crippen LogP contribution < -0.4 is 5.32 Å². The first-order valence-corrected chi connectivity index (χ1v) is 7.15. The van der Waals surface area contributed by atoms with Crippen molar-refractivity contribution in [3.63, 3.8) is 0 Å². The Labute approximate surface area is 102 Å². The molecule has 16 heavy (non-hydrogen) atoms. The Hall–Kier alpha value is -0.0800. The van der Waals surface area contributed by atoms with Crippen molar-refractivity contribution in [2.45, 2.75) is 58.4 Å². The van der Waals surface area contributed by atoms with Gasteiger partial charge in [-0.15, -0.1) is 0 Å². The summed E-state index contributed by atoms with van der Waals surface area (Å²) in [6.45, 7) is 8.17. The van der Waals surface area contributed by atoms with E-state index in [2.05, 4.69) is 31.1 Å².